The van der Waals surface area contributed by atoms with Gasteiger partial charge in [0.15, 0.2) is 0 Å². The van der Waals surface area contributed by atoms with E-state index in [4.69, 9.17) is 0 Å². The topological polar surface area (TPSA) is 86.8 Å². The number of hydrogen-bond donors (Lipinski definition) is 1. The van der Waals surface area contributed by atoms with Crippen LogP contribution in [0.25, 0.3) is 0 Å². The number of amides is 4. The molecule has 0 spiro atoms. The fraction of sp³-hybridized carbons (Fsp3) is 0.444. The SMILES string of the molecule is O=C(CN1C(=O)CCC1=O)Nc1ccc2c(c1)N(C(=O)C1CC1)CC2. The number of nitrogens with one attached hydrogen (secondary N) is 1. The predicted molar refractivity (Wildman–Crippen MR) is 89.8 cm³/mol. The van der Waals surface area contributed by atoms with Crippen molar-refractivity contribution >= 4 is 35.0 Å². The molecule has 130 valence electrons. The summed E-state index contributed by atoms with van der Waals surface area (Å²) < 4.78 is 0. The van der Waals surface area contributed by atoms with Gasteiger partial charge in [-0.1, -0.05) is 6.07 Å². The van der Waals surface area contributed by atoms with Crippen LogP contribution in [-0.2, 0) is 25.6 Å². The normalized spacial score (nSPS) is 19.4. The van der Waals surface area contributed by atoms with Gasteiger partial charge < -0.3 is 10.2 Å². The maximum atomic E-state index is 12.4. The Bertz CT molecular complexity index is 769. The third-order valence-corrected chi connectivity index (χ3v) is 4.91. The van der Waals surface area contributed by atoms with Crippen LogP contribution < -0.4 is 10.2 Å². The fourth-order valence-electron chi connectivity index (χ4n) is 3.38. The Balaban J connectivity index is 1.45. The fourth-order valence-corrected chi connectivity index (χ4v) is 3.38. The second-order valence-corrected chi connectivity index (χ2v) is 6.78. The van der Waals surface area contributed by atoms with Gasteiger partial charge in [-0.2, -0.15) is 0 Å². The first-order valence-electron chi connectivity index (χ1n) is 8.60. The number of carbonyl (C=O) groups excluding carboxylic acids is 4. The van der Waals surface area contributed by atoms with E-state index in [1.165, 1.54) is 0 Å². The van der Waals surface area contributed by atoms with Gasteiger partial charge in [0, 0.05) is 36.7 Å². The molecule has 4 amide bonds. The Morgan fingerprint density at radius 3 is 2.48 bits per heavy atom. The summed E-state index contributed by atoms with van der Waals surface area (Å²) >= 11 is 0. The Morgan fingerprint density at radius 1 is 1.08 bits per heavy atom. The van der Waals surface area contributed by atoms with E-state index in [0.29, 0.717) is 12.2 Å². The molecule has 0 atom stereocenters. The molecule has 0 unspecified atom stereocenters. The monoisotopic (exact) mass is 341 g/mol. The number of fused-ring (bicyclic) bond motifs is 1. The van der Waals surface area contributed by atoms with Crippen molar-refractivity contribution in [3.63, 3.8) is 0 Å². The minimum absolute atomic E-state index is 0.149. The first-order chi connectivity index (χ1) is 12.0. The molecular formula is C18H19N3O4. The van der Waals surface area contributed by atoms with Gasteiger partial charge >= 0.3 is 0 Å². The number of anilines is 2. The van der Waals surface area contributed by atoms with Gasteiger partial charge in [0.25, 0.3) is 0 Å². The third kappa shape index (κ3) is 3.01. The molecule has 1 saturated heterocycles. The molecule has 1 N–H and O–H groups in total. The van der Waals surface area contributed by atoms with Crippen molar-refractivity contribution in [2.75, 3.05) is 23.3 Å². The van der Waals surface area contributed by atoms with E-state index in [9.17, 15) is 19.2 Å². The second kappa shape index (κ2) is 5.98. The van der Waals surface area contributed by atoms with Crippen LogP contribution in [-0.4, -0.2) is 41.6 Å². The lowest BCUT2D eigenvalue weighted by Crippen LogP contribution is -2.36. The maximum absolute atomic E-state index is 12.4. The van der Waals surface area contributed by atoms with Crippen LogP contribution in [0.5, 0.6) is 0 Å². The molecule has 0 bridgehead atoms. The highest BCUT2D eigenvalue weighted by Gasteiger charge is 2.36. The smallest absolute Gasteiger partial charge is 0.244 e. The molecule has 2 fully saturated rings. The minimum Gasteiger partial charge on any atom is -0.324 e. The molecule has 1 aromatic carbocycles. The average molecular weight is 341 g/mol. The molecule has 2 aliphatic heterocycles. The molecular weight excluding hydrogens is 322 g/mol. The van der Waals surface area contributed by atoms with Crippen molar-refractivity contribution in [3.05, 3.63) is 23.8 Å². The summed E-state index contributed by atoms with van der Waals surface area (Å²) in [5, 5.41) is 2.72. The molecule has 2 heterocycles. The van der Waals surface area contributed by atoms with Crippen molar-refractivity contribution in [2.45, 2.75) is 32.1 Å². The molecule has 4 rings (SSSR count). The molecule has 1 saturated carbocycles. The number of hydrogen-bond acceptors (Lipinski definition) is 4. The van der Waals surface area contributed by atoms with Crippen LogP contribution in [0.1, 0.15) is 31.2 Å². The largest absolute Gasteiger partial charge is 0.324 e. The van der Waals surface area contributed by atoms with Crippen molar-refractivity contribution in [1.29, 1.82) is 0 Å². The van der Waals surface area contributed by atoms with E-state index in [2.05, 4.69) is 5.32 Å². The molecule has 0 radical (unpaired) electrons. The Kier molecular flexibility index (Phi) is 3.78. The lowest BCUT2D eigenvalue weighted by molar-refractivity contribution is -0.141. The number of likely N-dealkylation sites (tertiary alicyclic amines) is 1. The van der Waals surface area contributed by atoms with Crippen molar-refractivity contribution < 1.29 is 19.2 Å². The molecule has 25 heavy (non-hydrogen) atoms. The molecule has 3 aliphatic rings. The number of benzene rings is 1. The Hall–Kier alpha value is -2.70. The van der Waals surface area contributed by atoms with E-state index >= 15 is 0 Å². The standard InChI is InChI=1S/C18H19N3O4/c22-15(10-21-16(23)5-6-17(21)24)19-13-4-3-11-7-8-20(14(11)9-13)18(25)12-1-2-12/h3-4,9,12H,1-2,5-8,10H2,(H,19,22). The zero-order valence-corrected chi connectivity index (χ0v) is 13.8. The zero-order valence-electron chi connectivity index (χ0n) is 13.8. The van der Waals surface area contributed by atoms with Gasteiger partial charge in [0.1, 0.15) is 6.54 Å². The van der Waals surface area contributed by atoms with Gasteiger partial charge in [-0.15, -0.1) is 0 Å². The van der Waals surface area contributed by atoms with Crippen LogP contribution in [0.2, 0.25) is 0 Å². The molecule has 0 aromatic heterocycles. The van der Waals surface area contributed by atoms with E-state index in [-0.39, 0.29) is 43.0 Å². The summed E-state index contributed by atoms with van der Waals surface area (Å²) in [6, 6.07) is 5.50. The summed E-state index contributed by atoms with van der Waals surface area (Å²) in [4.78, 5) is 50.5. The first-order valence-corrected chi connectivity index (χ1v) is 8.60. The number of rotatable bonds is 4. The highest BCUT2D eigenvalue weighted by molar-refractivity contribution is 6.06. The first kappa shape index (κ1) is 15.8. The van der Waals surface area contributed by atoms with Crippen LogP contribution >= 0.6 is 0 Å². The summed E-state index contributed by atoms with van der Waals surface area (Å²) in [5.74, 6) is -0.723. The zero-order chi connectivity index (χ0) is 17.6. The van der Waals surface area contributed by atoms with Crippen LogP contribution in [0.15, 0.2) is 18.2 Å². The molecule has 1 aliphatic carbocycles. The minimum atomic E-state index is -0.415. The predicted octanol–water partition coefficient (Wildman–Crippen LogP) is 1.07. The van der Waals surface area contributed by atoms with Gasteiger partial charge in [-0.3, -0.25) is 24.1 Å². The maximum Gasteiger partial charge on any atom is 0.244 e. The lowest BCUT2D eigenvalue weighted by atomic mass is 10.1. The van der Waals surface area contributed by atoms with Crippen molar-refractivity contribution in [1.82, 2.24) is 4.90 Å². The highest BCUT2D eigenvalue weighted by Crippen LogP contribution is 2.37. The lowest BCUT2D eigenvalue weighted by Gasteiger charge is -2.18. The van der Waals surface area contributed by atoms with Crippen LogP contribution in [0, 0.1) is 5.92 Å². The van der Waals surface area contributed by atoms with Crippen LogP contribution in [0.3, 0.4) is 0 Å². The highest BCUT2D eigenvalue weighted by atomic mass is 16.2. The number of carbonyl (C=O) groups is 4. The van der Waals surface area contributed by atoms with Gasteiger partial charge in [0.2, 0.25) is 23.6 Å². The number of imide groups is 1. The summed E-state index contributed by atoms with van der Waals surface area (Å²) in [6.45, 7) is 0.415. The van der Waals surface area contributed by atoms with Gasteiger partial charge in [-0.25, -0.2) is 0 Å². The van der Waals surface area contributed by atoms with Crippen molar-refractivity contribution in [3.8, 4) is 0 Å². The second-order valence-electron chi connectivity index (χ2n) is 6.78. The molecule has 7 nitrogen and oxygen atoms in total. The van der Waals surface area contributed by atoms with Gasteiger partial charge in [-0.05, 0) is 37.0 Å². The van der Waals surface area contributed by atoms with Crippen LogP contribution in [0.4, 0.5) is 11.4 Å². The molecule has 7 heteroatoms. The Morgan fingerprint density at radius 2 is 1.80 bits per heavy atom. The molecule has 1 aromatic rings. The van der Waals surface area contributed by atoms with E-state index in [1.807, 2.05) is 6.07 Å². The summed E-state index contributed by atoms with van der Waals surface area (Å²) in [7, 11) is 0. The van der Waals surface area contributed by atoms with Crippen molar-refractivity contribution in [2.24, 2.45) is 5.92 Å². The Labute approximate surface area is 145 Å². The summed E-state index contributed by atoms with van der Waals surface area (Å²) in [5.41, 5.74) is 2.51. The average Bonchev–Trinajstić information content (AvgIpc) is 3.29. The quantitative estimate of drug-likeness (QED) is 0.830. The van der Waals surface area contributed by atoms with E-state index < -0.39 is 5.91 Å². The summed E-state index contributed by atoms with van der Waals surface area (Å²) in [6.07, 6.45) is 3.07. The number of nitrogens with zero attached hydrogens (tertiary/aromatic N) is 2. The third-order valence-electron chi connectivity index (χ3n) is 4.91. The van der Waals surface area contributed by atoms with Gasteiger partial charge in [0.05, 0.1) is 0 Å². The van der Waals surface area contributed by atoms with E-state index in [1.54, 1.807) is 17.0 Å². The van der Waals surface area contributed by atoms with E-state index in [0.717, 1.165) is 35.4 Å².